The van der Waals surface area contributed by atoms with Crippen molar-refractivity contribution in [3.63, 3.8) is 0 Å². The van der Waals surface area contributed by atoms with Gasteiger partial charge in [0, 0.05) is 17.2 Å². The van der Waals surface area contributed by atoms with Crippen LogP contribution in [0.2, 0.25) is 5.02 Å². The summed E-state index contributed by atoms with van der Waals surface area (Å²) >= 11 is 6.79. The van der Waals surface area contributed by atoms with Gasteiger partial charge in [-0.05, 0) is 42.0 Å². The molecule has 0 fully saturated rings. The van der Waals surface area contributed by atoms with Gasteiger partial charge >= 0.3 is 0 Å². The van der Waals surface area contributed by atoms with Crippen LogP contribution in [0.5, 0.6) is 0 Å². The van der Waals surface area contributed by atoms with Crippen LogP contribution >= 0.6 is 22.9 Å². The lowest BCUT2D eigenvalue weighted by atomic mass is 9.95. The van der Waals surface area contributed by atoms with Crippen molar-refractivity contribution in [3.05, 3.63) is 111 Å². The van der Waals surface area contributed by atoms with Gasteiger partial charge in [0.05, 0.1) is 33.9 Å². The van der Waals surface area contributed by atoms with E-state index in [9.17, 15) is 33.2 Å². The monoisotopic (exact) mass is 571 g/mol. The fraction of sp³-hybridized carbons (Fsp3) is 0.0417. The molecular weight excluding hydrogens is 558 g/mol. The number of anilines is 1. The zero-order valence-electron chi connectivity index (χ0n) is 18.8. The van der Waals surface area contributed by atoms with E-state index in [1.165, 1.54) is 24.5 Å². The number of nitro benzene ring substituents is 1. The third kappa shape index (κ3) is 4.26. The molecule has 0 bridgehead atoms. The number of hydrogen-bond acceptors (Lipinski definition) is 10. The van der Waals surface area contributed by atoms with E-state index in [1.54, 1.807) is 18.2 Å². The molecule has 38 heavy (non-hydrogen) atoms. The molecule has 4 aromatic rings. The average Bonchev–Trinajstić information content (AvgIpc) is 3.65. The highest BCUT2D eigenvalue weighted by atomic mass is 35.5. The van der Waals surface area contributed by atoms with Crippen LogP contribution in [0.25, 0.3) is 0 Å². The van der Waals surface area contributed by atoms with E-state index in [0.717, 1.165) is 35.4 Å². The Hall–Kier alpha value is -4.33. The van der Waals surface area contributed by atoms with Gasteiger partial charge in [-0.2, -0.15) is 0 Å². The molecule has 192 valence electrons. The number of thiazole rings is 1. The minimum atomic E-state index is -4.16. The smallest absolute Gasteiger partial charge is 0.296 e. The summed E-state index contributed by atoms with van der Waals surface area (Å²) in [5.41, 5.74) is -0.210. The van der Waals surface area contributed by atoms with E-state index in [2.05, 4.69) is 4.98 Å². The molecule has 0 saturated carbocycles. The maximum absolute atomic E-state index is 13.3. The molecule has 14 heteroatoms. The number of ketones is 1. The lowest BCUT2D eigenvalue weighted by Gasteiger charge is -2.24. The Morgan fingerprint density at radius 3 is 2.53 bits per heavy atom. The van der Waals surface area contributed by atoms with E-state index in [1.807, 2.05) is 0 Å². The Kier molecular flexibility index (Phi) is 6.34. The Morgan fingerprint density at radius 1 is 1.16 bits per heavy atom. The molecule has 0 unspecified atom stereocenters. The molecule has 1 N–H and O–H groups in total. The van der Waals surface area contributed by atoms with Crippen molar-refractivity contribution in [3.8, 4) is 0 Å². The van der Waals surface area contributed by atoms with Gasteiger partial charge in [0.2, 0.25) is 15.6 Å². The molecule has 0 saturated heterocycles. The van der Waals surface area contributed by atoms with Gasteiger partial charge in [-0.15, -0.1) is 0 Å². The number of aromatic nitrogens is 1. The molecule has 2 aromatic carbocycles. The fourth-order valence-electron chi connectivity index (χ4n) is 3.92. The molecule has 3 heterocycles. The second kappa shape index (κ2) is 9.52. The minimum absolute atomic E-state index is 0.116. The SMILES string of the molecule is O=C(C1=C(O)C(=O)N(c2ncc(S(=O)(=O)c3ccc([N+](=O)[O-])cc3)s2)[C@H]1c1cccc(Cl)c1)c1ccco1. The highest BCUT2D eigenvalue weighted by molar-refractivity contribution is 7.93. The zero-order chi connectivity index (χ0) is 27.2. The predicted octanol–water partition coefficient (Wildman–Crippen LogP) is 4.91. The van der Waals surface area contributed by atoms with Gasteiger partial charge in [-0.1, -0.05) is 35.1 Å². The highest BCUT2D eigenvalue weighted by Crippen LogP contribution is 2.44. The Balaban J connectivity index is 1.58. The maximum atomic E-state index is 13.3. The summed E-state index contributed by atoms with van der Waals surface area (Å²) in [6.45, 7) is 0. The van der Waals surface area contributed by atoms with Crippen LogP contribution in [0.15, 0.2) is 98.0 Å². The molecule has 1 amide bonds. The van der Waals surface area contributed by atoms with Gasteiger partial charge in [0.1, 0.15) is 4.21 Å². The van der Waals surface area contributed by atoms with Crippen molar-refractivity contribution < 1.29 is 32.5 Å². The van der Waals surface area contributed by atoms with Crippen molar-refractivity contribution in [2.45, 2.75) is 15.1 Å². The van der Waals surface area contributed by atoms with Gasteiger partial charge < -0.3 is 9.52 Å². The average molecular weight is 572 g/mol. The number of nitrogens with zero attached hydrogens (tertiary/aromatic N) is 3. The second-order valence-corrected chi connectivity index (χ2v) is 11.5. The molecule has 1 aliphatic rings. The van der Waals surface area contributed by atoms with Crippen molar-refractivity contribution in [1.29, 1.82) is 0 Å². The van der Waals surface area contributed by atoms with Crippen LogP contribution < -0.4 is 4.90 Å². The van der Waals surface area contributed by atoms with E-state index >= 15 is 0 Å². The number of rotatable bonds is 7. The van der Waals surface area contributed by atoms with Gasteiger partial charge in [0.25, 0.3) is 11.6 Å². The van der Waals surface area contributed by atoms with E-state index < -0.39 is 38.3 Å². The molecular formula is C24H14ClN3O8S2. The first-order valence-electron chi connectivity index (χ1n) is 10.7. The molecule has 11 nitrogen and oxygen atoms in total. The maximum Gasteiger partial charge on any atom is 0.296 e. The summed E-state index contributed by atoms with van der Waals surface area (Å²) in [6.07, 6.45) is 2.30. The van der Waals surface area contributed by atoms with Gasteiger partial charge in [0.15, 0.2) is 16.7 Å². The van der Waals surface area contributed by atoms with Gasteiger partial charge in [-0.25, -0.2) is 13.4 Å². The van der Waals surface area contributed by atoms with Gasteiger partial charge in [-0.3, -0.25) is 24.6 Å². The van der Waals surface area contributed by atoms with Crippen LogP contribution in [-0.4, -0.2) is 35.1 Å². The summed E-state index contributed by atoms with van der Waals surface area (Å²) in [6, 6.07) is 12.2. The third-order valence-corrected chi connectivity index (χ3v) is 9.13. The lowest BCUT2D eigenvalue weighted by molar-refractivity contribution is -0.384. The number of carbonyl (C=O) groups excluding carboxylic acids is 2. The third-order valence-electron chi connectivity index (χ3n) is 5.66. The standard InChI is InChI=1S/C24H14ClN3O8S2/c25-14-4-1-3-13(11-14)20-19(21(29)17-5-2-10-36-17)22(30)23(31)27(20)24-26-12-18(37-24)38(34,35)16-8-6-15(7-9-16)28(32)33/h1-12,20,30H/t20-/m0/s1. The number of aliphatic hydroxyl groups is 1. The molecule has 2 aromatic heterocycles. The summed E-state index contributed by atoms with van der Waals surface area (Å²) in [4.78, 5) is 41.6. The van der Waals surface area contributed by atoms with Crippen LogP contribution in [0.3, 0.4) is 0 Å². The summed E-state index contributed by atoms with van der Waals surface area (Å²) in [5, 5.41) is 21.9. The number of carbonyl (C=O) groups is 2. The van der Waals surface area contributed by atoms with Crippen molar-refractivity contribution in [2.24, 2.45) is 0 Å². The fourth-order valence-corrected chi connectivity index (χ4v) is 6.66. The number of furan rings is 1. The number of aliphatic hydroxyl groups excluding tert-OH is 1. The van der Waals surface area contributed by atoms with Crippen LogP contribution in [0.1, 0.15) is 22.2 Å². The molecule has 0 radical (unpaired) electrons. The minimum Gasteiger partial charge on any atom is -0.503 e. The van der Waals surface area contributed by atoms with Crippen LogP contribution in [0.4, 0.5) is 10.8 Å². The summed E-state index contributed by atoms with van der Waals surface area (Å²) < 4.78 is 31.2. The Morgan fingerprint density at radius 2 is 1.89 bits per heavy atom. The predicted molar refractivity (Wildman–Crippen MR) is 135 cm³/mol. The first-order valence-corrected chi connectivity index (χ1v) is 13.3. The first kappa shape index (κ1) is 25.3. The Labute approximate surface area is 223 Å². The normalized spacial score (nSPS) is 15.8. The lowest BCUT2D eigenvalue weighted by Crippen LogP contribution is -2.30. The van der Waals surface area contributed by atoms with Crippen molar-refractivity contribution in [1.82, 2.24) is 4.98 Å². The van der Waals surface area contributed by atoms with Crippen molar-refractivity contribution >= 4 is 55.3 Å². The number of sulfone groups is 1. The number of hydrogen-bond donors (Lipinski definition) is 1. The topological polar surface area (TPSA) is 161 Å². The largest absolute Gasteiger partial charge is 0.503 e. The number of non-ortho nitro benzene ring substituents is 1. The quantitative estimate of drug-likeness (QED) is 0.184. The van der Waals surface area contributed by atoms with E-state index in [0.29, 0.717) is 21.9 Å². The van der Waals surface area contributed by atoms with E-state index in [4.69, 9.17) is 16.0 Å². The number of nitro groups is 1. The summed E-state index contributed by atoms with van der Waals surface area (Å²) in [5.74, 6) is -2.68. The first-order chi connectivity index (χ1) is 18.1. The molecule has 0 aliphatic carbocycles. The molecule has 0 spiro atoms. The number of benzene rings is 2. The number of halogens is 1. The van der Waals surface area contributed by atoms with Crippen LogP contribution in [-0.2, 0) is 14.6 Å². The highest BCUT2D eigenvalue weighted by Gasteiger charge is 2.46. The molecule has 5 rings (SSSR count). The molecule has 1 aliphatic heterocycles. The summed E-state index contributed by atoms with van der Waals surface area (Å²) in [7, 11) is -4.16. The van der Waals surface area contributed by atoms with E-state index in [-0.39, 0.29) is 31.3 Å². The number of amides is 1. The van der Waals surface area contributed by atoms with Crippen LogP contribution in [0, 0.1) is 10.1 Å². The second-order valence-electron chi connectivity index (χ2n) is 7.92. The Bertz CT molecular complexity index is 1730. The molecule has 1 atom stereocenters. The number of Topliss-reactive ketones (excluding diaryl/α,β-unsaturated/α-hetero) is 1. The van der Waals surface area contributed by atoms with Crippen molar-refractivity contribution in [2.75, 3.05) is 4.90 Å². The zero-order valence-corrected chi connectivity index (χ0v) is 21.2.